The van der Waals surface area contributed by atoms with E-state index in [0.29, 0.717) is 23.1 Å². The molecule has 4 aromatic rings. The predicted octanol–water partition coefficient (Wildman–Crippen LogP) is 6.30. The van der Waals surface area contributed by atoms with E-state index in [0.717, 1.165) is 33.1 Å². The first-order chi connectivity index (χ1) is 15.1. The molecule has 3 aromatic carbocycles. The summed E-state index contributed by atoms with van der Waals surface area (Å²) < 4.78 is 14.1. The number of nitrogens with one attached hydrogen (secondary N) is 2. The third kappa shape index (κ3) is 5.31. The van der Waals surface area contributed by atoms with E-state index in [9.17, 15) is 0 Å². The third-order valence-electron chi connectivity index (χ3n) is 4.48. The van der Waals surface area contributed by atoms with Crippen LogP contribution in [0.1, 0.15) is 5.56 Å². The number of hydrogen-bond donors (Lipinski definition) is 2. The Morgan fingerprint density at radius 2 is 1.52 bits per heavy atom. The molecule has 0 aliphatic rings. The van der Waals surface area contributed by atoms with Gasteiger partial charge in [-0.25, -0.2) is 9.97 Å². The van der Waals surface area contributed by atoms with Gasteiger partial charge in [-0.05, 0) is 41.8 Å². The smallest absolute Gasteiger partial charge is 0.180 e. The maximum Gasteiger partial charge on any atom is 0.180 e. The van der Waals surface area contributed by atoms with Crippen LogP contribution in [-0.2, 0) is 5.75 Å². The zero-order valence-electron chi connectivity index (χ0n) is 17.1. The Morgan fingerprint density at radius 1 is 0.839 bits per heavy atom. The van der Waals surface area contributed by atoms with E-state index in [1.807, 2.05) is 66.7 Å². The predicted molar refractivity (Wildman–Crippen MR) is 129 cm³/mol. The molecule has 0 fully saturated rings. The zero-order chi connectivity index (χ0) is 21.6. The van der Waals surface area contributed by atoms with Crippen LogP contribution in [0.15, 0.2) is 66.7 Å². The Morgan fingerprint density at radius 3 is 2.16 bits per heavy atom. The van der Waals surface area contributed by atoms with Crippen molar-refractivity contribution in [2.24, 2.45) is 0 Å². The lowest BCUT2D eigenvalue weighted by Crippen LogP contribution is -2.03. The van der Waals surface area contributed by atoms with Gasteiger partial charge in [0, 0.05) is 34.7 Å². The van der Waals surface area contributed by atoms with Gasteiger partial charge in [0.25, 0.3) is 0 Å². The summed E-state index contributed by atoms with van der Waals surface area (Å²) in [6.07, 6.45) is 0. The number of rotatable bonds is 8. The highest BCUT2D eigenvalue weighted by atomic mass is 35.5. The summed E-state index contributed by atoms with van der Waals surface area (Å²) in [6, 6.07) is 21.1. The molecule has 0 amide bonds. The molecule has 0 bridgehead atoms. The number of ether oxygens (including phenoxy) is 2. The molecule has 0 atom stereocenters. The van der Waals surface area contributed by atoms with Crippen molar-refractivity contribution in [2.45, 2.75) is 5.75 Å². The molecule has 4 rings (SSSR count). The van der Waals surface area contributed by atoms with Crippen molar-refractivity contribution >= 4 is 51.9 Å². The number of anilines is 3. The Balaban J connectivity index is 1.62. The summed E-state index contributed by atoms with van der Waals surface area (Å²) >= 11 is 7.60. The Bertz CT molecular complexity index is 1180. The number of hydrogen-bond acceptors (Lipinski definition) is 7. The first-order valence-electron chi connectivity index (χ1n) is 9.54. The lowest BCUT2D eigenvalue weighted by Gasteiger charge is -2.14. The van der Waals surface area contributed by atoms with E-state index in [-0.39, 0.29) is 0 Å². The van der Waals surface area contributed by atoms with Crippen LogP contribution in [0.2, 0.25) is 5.02 Å². The van der Waals surface area contributed by atoms with Gasteiger partial charge in [-0.15, -0.1) is 0 Å². The Kier molecular flexibility index (Phi) is 6.64. The number of aromatic nitrogens is 2. The molecule has 2 N–H and O–H groups in total. The van der Waals surface area contributed by atoms with Crippen LogP contribution in [0.4, 0.5) is 17.3 Å². The monoisotopic (exact) mass is 452 g/mol. The van der Waals surface area contributed by atoms with E-state index in [1.165, 1.54) is 11.9 Å². The summed E-state index contributed by atoms with van der Waals surface area (Å²) in [6.45, 7) is 0. The van der Waals surface area contributed by atoms with Crippen molar-refractivity contribution in [3.63, 3.8) is 0 Å². The molecule has 0 radical (unpaired) electrons. The second kappa shape index (κ2) is 9.76. The van der Waals surface area contributed by atoms with Gasteiger partial charge in [0.1, 0.15) is 11.5 Å². The largest absolute Gasteiger partial charge is 0.497 e. The average molecular weight is 453 g/mol. The third-order valence-corrected chi connectivity index (χ3v) is 5.53. The molecule has 0 saturated carbocycles. The number of halogens is 1. The van der Waals surface area contributed by atoms with Crippen molar-refractivity contribution in [1.82, 2.24) is 9.97 Å². The molecule has 8 heteroatoms. The minimum atomic E-state index is 0.604. The van der Waals surface area contributed by atoms with Crippen molar-refractivity contribution < 1.29 is 9.47 Å². The molecule has 0 aliphatic carbocycles. The molecule has 0 unspecified atom stereocenters. The van der Waals surface area contributed by atoms with Crippen LogP contribution in [0, 0.1) is 0 Å². The molecule has 1 aromatic heterocycles. The lowest BCUT2D eigenvalue weighted by molar-refractivity contribution is 0.395. The number of fused-ring (bicyclic) bond motifs is 1. The van der Waals surface area contributed by atoms with E-state index < -0.39 is 0 Å². The fraction of sp³-hybridized carbons (Fsp3) is 0.130. The molecule has 1 heterocycles. The van der Waals surface area contributed by atoms with Crippen LogP contribution in [0.25, 0.3) is 11.0 Å². The van der Waals surface area contributed by atoms with Crippen molar-refractivity contribution in [3.8, 4) is 11.5 Å². The maximum atomic E-state index is 6.09. The fourth-order valence-corrected chi connectivity index (χ4v) is 3.90. The molecule has 158 valence electrons. The SMILES string of the molecule is COc1cc(Nc2nc3ccccc3nc2NSCc2cccc(Cl)c2)cc(OC)c1. The second-order valence-corrected chi connectivity index (χ2v) is 7.87. The molecule has 0 aliphatic heterocycles. The van der Waals surface area contributed by atoms with Crippen LogP contribution >= 0.6 is 23.5 Å². The summed E-state index contributed by atoms with van der Waals surface area (Å²) in [5.74, 6) is 3.32. The first-order valence-corrected chi connectivity index (χ1v) is 10.9. The summed E-state index contributed by atoms with van der Waals surface area (Å²) in [5, 5.41) is 4.06. The van der Waals surface area contributed by atoms with Crippen molar-refractivity contribution in [1.29, 1.82) is 0 Å². The standard InChI is InChI=1S/C23H21ClN4O2S/c1-29-18-11-17(12-19(13-18)30-2)25-22-23(27-21-9-4-3-8-20(21)26-22)28-31-14-15-6-5-7-16(24)10-15/h3-13H,14H2,1-2H3,(H,25,26)(H,27,28). The van der Waals surface area contributed by atoms with Crippen LogP contribution in [0.3, 0.4) is 0 Å². The maximum absolute atomic E-state index is 6.09. The Labute approximate surface area is 190 Å². The van der Waals surface area contributed by atoms with Gasteiger partial charge in [0.05, 0.1) is 25.3 Å². The van der Waals surface area contributed by atoms with Crippen LogP contribution in [-0.4, -0.2) is 24.2 Å². The molecule has 0 spiro atoms. The van der Waals surface area contributed by atoms with Gasteiger partial charge in [-0.3, -0.25) is 0 Å². The van der Waals surface area contributed by atoms with Gasteiger partial charge < -0.3 is 19.5 Å². The second-order valence-electron chi connectivity index (χ2n) is 6.66. The van der Waals surface area contributed by atoms with E-state index in [4.69, 9.17) is 31.0 Å². The van der Waals surface area contributed by atoms with Crippen LogP contribution < -0.4 is 19.5 Å². The normalized spacial score (nSPS) is 10.7. The van der Waals surface area contributed by atoms with E-state index >= 15 is 0 Å². The summed E-state index contributed by atoms with van der Waals surface area (Å²) in [7, 11) is 3.24. The summed E-state index contributed by atoms with van der Waals surface area (Å²) in [5.41, 5.74) is 3.50. The quantitative estimate of drug-likeness (QED) is 0.304. The minimum Gasteiger partial charge on any atom is -0.497 e. The number of nitrogens with zero attached hydrogens (tertiary/aromatic N) is 2. The van der Waals surface area contributed by atoms with Gasteiger partial charge in [0.15, 0.2) is 11.6 Å². The van der Waals surface area contributed by atoms with Gasteiger partial charge in [-0.2, -0.15) is 0 Å². The molecule has 6 nitrogen and oxygen atoms in total. The lowest BCUT2D eigenvalue weighted by atomic mass is 10.2. The van der Waals surface area contributed by atoms with Gasteiger partial charge in [0.2, 0.25) is 0 Å². The fourth-order valence-electron chi connectivity index (χ4n) is 2.99. The van der Waals surface area contributed by atoms with E-state index in [1.54, 1.807) is 14.2 Å². The van der Waals surface area contributed by atoms with Gasteiger partial charge in [-0.1, -0.05) is 35.9 Å². The van der Waals surface area contributed by atoms with E-state index in [2.05, 4.69) is 10.0 Å². The zero-order valence-corrected chi connectivity index (χ0v) is 18.6. The highest BCUT2D eigenvalue weighted by Gasteiger charge is 2.11. The topological polar surface area (TPSA) is 68.3 Å². The van der Waals surface area contributed by atoms with Gasteiger partial charge >= 0.3 is 0 Å². The minimum absolute atomic E-state index is 0.604. The molecule has 0 saturated heterocycles. The molecule has 31 heavy (non-hydrogen) atoms. The molecular formula is C23H21ClN4O2S. The average Bonchev–Trinajstić information content (AvgIpc) is 2.79. The highest BCUT2D eigenvalue weighted by Crippen LogP contribution is 2.31. The Hall–Kier alpha value is -3.16. The number of benzene rings is 3. The first kappa shape index (κ1) is 21.1. The van der Waals surface area contributed by atoms with Crippen molar-refractivity contribution in [3.05, 3.63) is 77.3 Å². The number of methoxy groups -OCH3 is 2. The van der Waals surface area contributed by atoms with Crippen LogP contribution in [0.5, 0.6) is 11.5 Å². The number of para-hydroxylation sites is 2. The van der Waals surface area contributed by atoms with Crippen molar-refractivity contribution in [2.75, 3.05) is 24.3 Å². The molecular weight excluding hydrogens is 432 g/mol. The highest BCUT2D eigenvalue weighted by molar-refractivity contribution is 7.99. The summed E-state index contributed by atoms with van der Waals surface area (Å²) in [4.78, 5) is 9.53.